The Kier molecular flexibility index (Phi) is 10.9. The lowest BCUT2D eigenvalue weighted by Crippen LogP contribution is -2.38. The summed E-state index contributed by atoms with van der Waals surface area (Å²) in [5.74, 6) is 1.87. The Hall–Kier alpha value is -1.11. The van der Waals surface area contributed by atoms with E-state index in [0.717, 1.165) is 31.2 Å². The van der Waals surface area contributed by atoms with Gasteiger partial charge >= 0.3 is 6.09 Å². The number of aliphatic imine (C=N–C) groups is 1. The molecule has 6 nitrogen and oxygen atoms in total. The van der Waals surface area contributed by atoms with Gasteiger partial charge in [-0.15, -0.1) is 0 Å². The maximum absolute atomic E-state index is 11.4. The molecule has 0 aliphatic rings. The Morgan fingerprint density at radius 3 is 2.48 bits per heavy atom. The van der Waals surface area contributed by atoms with Crippen LogP contribution in [0.4, 0.5) is 4.79 Å². The molecule has 21 heavy (non-hydrogen) atoms. The van der Waals surface area contributed by atoms with Crippen molar-refractivity contribution in [3.63, 3.8) is 0 Å². The fourth-order valence-electron chi connectivity index (χ4n) is 1.39. The maximum Gasteiger partial charge on any atom is 0.407 e. The van der Waals surface area contributed by atoms with Gasteiger partial charge < -0.3 is 20.7 Å². The van der Waals surface area contributed by atoms with Gasteiger partial charge in [-0.2, -0.15) is 11.8 Å². The van der Waals surface area contributed by atoms with E-state index < -0.39 is 5.60 Å². The number of ether oxygens (including phenoxy) is 1. The lowest BCUT2D eigenvalue weighted by atomic mass is 10.2. The van der Waals surface area contributed by atoms with Crippen molar-refractivity contribution in [2.75, 3.05) is 38.2 Å². The van der Waals surface area contributed by atoms with Crippen molar-refractivity contribution < 1.29 is 9.53 Å². The minimum Gasteiger partial charge on any atom is -0.444 e. The van der Waals surface area contributed by atoms with E-state index >= 15 is 0 Å². The number of amides is 1. The SMILES string of the molecule is CCNC(=NCCCNC(=O)OC(C)(C)C)NCCSC. The molecule has 0 saturated carbocycles. The van der Waals surface area contributed by atoms with Crippen molar-refractivity contribution in [3.8, 4) is 0 Å². The predicted molar refractivity (Wildman–Crippen MR) is 91.2 cm³/mol. The van der Waals surface area contributed by atoms with Gasteiger partial charge in [0.2, 0.25) is 0 Å². The Bertz CT molecular complexity index is 317. The van der Waals surface area contributed by atoms with E-state index in [-0.39, 0.29) is 6.09 Å². The average molecular weight is 318 g/mol. The van der Waals surface area contributed by atoms with Gasteiger partial charge in [-0.1, -0.05) is 0 Å². The molecule has 0 aliphatic heterocycles. The molecular formula is C14H30N4O2S. The van der Waals surface area contributed by atoms with Gasteiger partial charge in [-0.25, -0.2) is 4.79 Å². The number of carbonyl (C=O) groups is 1. The van der Waals surface area contributed by atoms with Crippen LogP contribution >= 0.6 is 11.8 Å². The molecule has 0 spiro atoms. The van der Waals surface area contributed by atoms with Crippen LogP contribution in [0.3, 0.4) is 0 Å². The summed E-state index contributed by atoms with van der Waals surface area (Å²) in [7, 11) is 0. The number of hydrogen-bond donors (Lipinski definition) is 3. The number of guanidine groups is 1. The highest BCUT2D eigenvalue weighted by Gasteiger charge is 2.15. The highest BCUT2D eigenvalue weighted by molar-refractivity contribution is 7.98. The molecule has 0 saturated heterocycles. The molecule has 0 bridgehead atoms. The van der Waals surface area contributed by atoms with Crippen molar-refractivity contribution >= 4 is 23.8 Å². The quantitative estimate of drug-likeness (QED) is 0.362. The Labute approximate surface area is 132 Å². The van der Waals surface area contributed by atoms with Gasteiger partial charge in [0, 0.05) is 31.9 Å². The molecule has 7 heteroatoms. The summed E-state index contributed by atoms with van der Waals surface area (Å²) < 4.78 is 5.16. The normalized spacial score (nSPS) is 12.0. The topological polar surface area (TPSA) is 74.8 Å². The van der Waals surface area contributed by atoms with Gasteiger partial charge in [0.1, 0.15) is 5.60 Å². The van der Waals surface area contributed by atoms with Crippen LogP contribution in [0.5, 0.6) is 0 Å². The van der Waals surface area contributed by atoms with Crippen LogP contribution in [0.1, 0.15) is 34.1 Å². The van der Waals surface area contributed by atoms with Gasteiger partial charge in [0.15, 0.2) is 5.96 Å². The molecule has 0 atom stereocenters. The molecule has 0 aromatic heterocycles. The fraction of sp³-hybridized carbons (Fsp3) is 0.857. The average Bonchev–Trinajstić information content (AvgIpc) is 2.36. The molecule has 0 fully saturated rings. The van der Waals surface area contributed by atoms with Gasteiger partial charge in [-0.3, -0.25) is 4.99 Å². The molecule has 0 aliphatic carbocycles. The van der Waals surface area contributed by atoms with Crippen LogP contribution in [0.15, 0.2) is 4.99 Å². The Morgan fingerprint density at radius 1 is 1.19 bits per heavy atom. The molecule has 0 rings (SSSR count). The number of nitrogens with zero attached hydrogens (tertiary/aromatic N) is 1. The zero-order valence-corrected chi connectivity index (χ0v) is 14.7. The first-order chi connectivity index (χ1) is 9.89. The molecule has 3 N–H and O–H groups in total. The summed E-state index contributed by atoms with van der Waals surface area (Å²) >= 11 is 1.79. The third kappa shape index (κ3) is 13.6. The highest BCUT2D eigenvalue weighted by Crippen LogP contribution is 2.06. The zero-order chi connectivity index (χ0) is 16.1. The van der Waals surface area contributed by atoms with E-state index in [1.807, 2.05) is 27.7 Å². The second-order valence-corrected chi connectivity index (χ2v) is 6.45. The third-order valence-electron chi connectivity index (χ3n) is 2.22. The number of thioether (sulfide) groups is 1. The maximum atomic E-state index is 11.4. The number of rotatable bonds is 8. The standard InChI is InChI=1S/C14H30N4O2S/c1-6-15-12(17-10-11-21-5)16-8-7-9-18-13(19)20-14(2,3)4/h6-11H2,1-5H3,(H,18,19)(H2,15,16,17). The van der Waals surface area contributed by atoms with Crippen LogP contribution < -0.4 is 16.0 Å². The lowest BCUT2D eigenvalue weighted by Gasteiger charge is -2.19. The third-order valence-corrected chi connectivity index (χ3v) is 2.83. The second kappa shape index (κ2) is 11.5. The Morgan fingerprint density at radius 2 is 1.90 bits per heavy atom. The van der Waals surface area contributed by atoms with Crippen molar-refractivity contribution in [3.05, 3.63) is 0 Å². The number of alkyl carbamates (subject to hydrolysis) is 1. The van der Waals surface area contributed by atoms with Gasteiger partial charge in [0.05, 0.1) is 0 Å². The first-order valence-electron chi connectivity index (χ1n) is 7.37. The van der Waals surface area contributed by atoms with Crippen LogP contribution in [0.25, 0.3) is 0 Å². The largest absolute Gasteiger partial charge is 0.444 e. The molecule has 0 aromatic rings. The summed E-state index contributed by atoms with van der Waals surface area (Å²) in [5, 5.41) is 9.17. The van der Waals surface area contributed by atoms with Crippen molar-refractivity contribution in [2.24, 2.45) is 4.99 Å². The monoisotopic (exact) mass is 318 g/mol. The summed E-state index contributed by atoms with van der Waals surface area (Å²) in [6, 6.07) is 0. The van der Waals surface area contributed by atoms with Crippen LogP contribution in [0, 0.1) is 0 Å². The van der Waals surface area contributed by atoms with Gasteiger partial charge in [-0.05, 0) is 40.4 Å². The van der Waals surface area contributed by atoms with E-state index in [0.29, 0.717) is 13.1 Å². The molecular weight excluding hydrogens is 288 g/mol. The van der Waals surface area contributed by atoms with E-state index in [1.54, 1.807) is 11.8 Å². The summed E-state index contributed by atoms with van der Waals surface area (Å²) in [5.41, 5.74) is -0.457. The minimum atomic E-state index is -0.457. The molecule has 124 valence electrons. The van der Waals surface area contributed by atoms with Crippen LogP contribution in [-0.4, -0.2) is 55.8 Å². The van der Waals surface area contributed by atoms with Gasteiger partial charge in [0.25, 0.3) is 0 Å². The van der Waals surface area contributed by atoms with Crippen LogP contribution in [-0.2, 0) is 4.74 Å². The summed E-state index contributed by atoms with van der Waals surface area (Å²) in [4.78, 5) is 15.9. The molecule has 0 radical (unpaired) electrons. The summed E-state index contributed by atoms with van der Waals surface area (Å²) in [6.07, 6.45) is 2.48. The van der Waals surface area contributed by atoms with E-state index in [1.165, 1.54) is 0 Å². The highest BCUT2D eigenvalue weighted by atomic mass is 32.2. The molecule has 1 amide bonds. The minimum absolute atomic E-state index is 0.378. The first-order valence-corrected chi connectivity index (χ1v) is 8.76. The second-order valence-electron chi connectivity index (χ2n) is 5.46. The zero-order valence-electron chi connectivity index (χ0n) is 13.9. The Balaban J connectivity index is 3.86. The van der Waals surface area contributed by atoms with E-state index in [2.05, 4.69) is 27.2 Å². The number of hydrogen-bond acceptors (Lipinski definition) is 4. The molecule has 0 unspecified atom stereocenters. The van der Waals surface area contributed by atoms with Crippen molar-refractivity contribution in [1.82, 2.24) is 16.0 Å². The van der Waals surface area contributed by atoms with Crippen molar-refractivity contribution in [1.29, 1.82) is 0 Å². The number of carbonyl (C=O) groups excluding carboxylic acids is 1. The van der Waals surface area contributed by atoms with Crippen LogP contribution in [0.2, 0.25) is 0 Å². The van der Waals surface area contributed by atoms with Crippen molar-refractivity contribution in [2.45, 2.75) is 39.7 Å². The first kappa shape index (κ1) is 19.9. The fourth-order valence-corrected chi connectivity index (χ4v) is 1.69. The predicted octanol–water partition coefficient (Wildman–Crippen LogP) is 1.82. The summed E-state index contributed by atoms with van der Waals surface area (Å²) in [6.45, 7) is 10.5. The number of nitrogens with one attached hydrogen (secondary N) is 3. The molecule has 0 aromatic carbocycles. The smallest absolute Gasteiger partial charge is 0.407 e. The lowest BCUT2D eigenvalue weighted by molar-refractivity contribution is 0.0527. The molecule has 0 heterocycles. The van der Waals surface area contributed by atoms with E-state index in [4.69, 9.17) is 4.74 Å². The van der Waals surface area contributed by atoms with E-state index in [9.17, 15) is 4.79 Å².